The van der Waals surface area contributed by atoms with E-state index in [9.17, 15) is 14.7 Å². The molecule has 0 spiro atoms. The Bertz CT molecular complexity index is 1710. The van der Waals surface area contributed by atoms with Crippen LogP contribution in [0.4, 0.5) is 5.69 Å². The minimum absolute atomic E-state index is 0.0289. The molecule has 7 nitrogen and oxygen atoms in total. The third kappa shape index (κ3) is 4.81. The first-order valence-corrected chi connectivity index (χ1v) is 12.6. The highest BCUT2D eigenvalue weighted by atomic mass is 35.5. The number of benzene rings is 3. The first-order valence-electron chi connectivity index (χ1n) is 11.4. The average molecular weight is 532 g/mol. The Morgan fingerprint density at radius 2 is 1.86 bits per heavy atom. The lowest BCUT2D eigenvalue weighted by Crippen LogP contribution is -2.40. The van der Waals surface area contributed by atoms with Gasteiger partial charge in [-0.3, -0.25) is 14.2 Å². The molecule has 186 valence electrons. The molecule has 0 unspecified atom stereocenters. The largest absolute Gasteiger partial charge is 0.504 e. The van der Waals surface area contributed by atoms with Crippen molar-refractivity contribution in [1.29, 1.82) is 0 Å². The minimum Gasteiger partial charge on any atom is -0.504 e. The van der Waals surface area contributed by atoms with Crippen molar-refractivity contribution in [2.75, 3.05) is 12.4 Å². The summed E-state index contributed by atoms with van der Waals surface area (Å²) in [6, 6.07) is 20.4. The predicted molar refractivity (Wildman–Crippen MR) is 145 cm³/mol. The first kappa shape index (κ1) is 24.5. The normalized spacial score (nSPS) is 15.2. The second-order valence-electron chi connectivity index (χ2n) is 8.38. The van der Waals surface area contributed by atoms with Crippen LogP contribution in [0.2, 0.25) is 5.02 Å². The zero-order chi connectivity index (χ0) is 26.1. The van der Waals surface area contributed by atoms with Gasteiger partial charge in [-0.25, -0.2) is 4.99 Å². The molecule has 3 aromatic carbocycles. The summed E-state index contributed by atoms with van der Waals surface area (Å²) in [6.45, 7) is 1.77. The van der Waals surface area contributed by atoms with Crippen molar-refractivity contribution in [3.8, 4) is 11.5 Å². The SMILES string of the molecule is COc1ccc(C=c2sc3n(c2=O)[C@H](c2ccc(Cl)cc2)C(C(=O)Nc2ccccc2)=C(C)N=3)cc1O. The molecule has 0 aliphatic carbocycles. The predicted octanol–water partition coefficient (Wildman–Crippen LogP) is 4.24. The molecule has 5 rings (SSSR count). The molecule has 1 amide bonds. The smallest absolute Gasteiger partial charge is 0.271 e. The molecule has 1 aromatic heterocycles. The monoisotopic (exact) mass is 531 g/mol. The number of thiazole rings is 1. The van der Waals surface area contributed by atoms with E-state index in [1.807, 2.05) is 18.2 Å². The van der Waals surface area contributed by atoms with Crippen LogP contribution in [-0.2, 0) is 4.79 Å². The number of ether oxygens (including phenoxy) is 1. The fourth-order valence-electron chi connectivity index (χ4n) is 4.24. The molecule has 1 atom stereocenters. The van der Waals surface area contributed by atoms with Crippen LogP contribution in [0, 0.1) is 0 Å². The highest BCUT2D eigenvalue weighted by Gasteiger charge is 2.32. The number of para-hydroxylation sites is 1. The molecule has 0 saturated carbocycles. The van der Waals surface area contributed by atoms with E-state index in [4.69, 9.17) is 16.3 Å². The number of allylic oxidation sites excluding steroid dienone is 1. The van der Waals surface area contributed by atoms with Crippen molar-refractivity contribution in [3.63, 3.8) is 0 Å². The van der Waals surface area contributed by atoms with Crippen LogP contribution in [0.3, 0.4) is 0 Å². The van der Waals surface area contributed by atoms with Gasteiger partial charge in [0.15, 0.2) is 16.3 Å². The second-order valence-corrected chi connectivity index (χ2v) is 9.83. The summed E-state index contributed by atoms with van der Waals surface area (Å²) in [5.41, 5.74) is 2.59. The lowest BCUT2D eigenvalue weighted by Gasteiger charge is -2.25. The Balaban J connectivity index is 1.66. The van der Waals surface area contributed by atoms with Crippen molar-refractivity contribution in [2.24, 2.45) is 4.99 Å². The van der Waals surface area contributed by atoms with Crippen molar-refractivity contribution >= 4 is 40.6 Å². The molecule has 0 saturated heterocycles. The maximum Gasteiger partial charge on any atom is 0.271 e. The van der Waals surface area contributed by atoms with Crippen molar-refractivity contribution in [3.05, 3.63) is 120 Å². The summed E-state index contributed by atoms with van der Waals surface area (Å²) < 4.78 is 7.06. The maximum atomic E-state index is 13.7. The van der Waals surface area contributed by atoms with E-state index in [0.29, 0.717) is 42.6 Å². The number of amides is 1. The Hall–Kier alpha value is -4.14. The average Bonchev–Trinajstić information content (AvgIpc) is 3.18. The number of carbonyl (C=O) groups is 1. The number of aromatic hydroxyl groups is 1. The summed E-state index contributed by atoms with van der Waals surface area (Å²) in [7, 11) is 1.47. The summed E-state index contributed by atoms with van der Waals surface area (Å²) in [4.78, 5) is 32.4. The number of phenols is 1. The summed E-state index contributed by atoms with van der Waals surface area (Å²) in [6.07, 6.45) is 1.69. The van der Waals surface area contributed by atoms with Gasteiger partial charge in [-0.1, -0.05) is 59.3 Å². The molecular weight excluding hydrogens is 510 g/mol. The van der Waals surface area contributed by atoms with Crippen LogP contribution in [0.1, 0.15) is 24.1 Å². The number of methoxy groups -OCH3 is 1. The molecule has 37 heavy (non-hydrogen) atoms. The number of nitrogens with zero attached hydrogens (tertiary/aromatic N) is 2. The molecule has 0 fully saturated rings. The Kier molecular flexibility index (Phi) is 6.69. The van der Waals surface area contributed by atoms with Gasteiger partial charge in [0.25, 0.3) is 11.5 Å². The number of carbonyl (C=O) groups excluding carboxylic acids is 1. The summed E-state index contributed by atoms with van der Waals surface area (Å²) in [5, 5.41) is 13.6. The van der Waals surface area contributed by atoms with E-state index in [0.717, 1.165) is 5.56 Å². The quantitative estimate of drug-likeness (QED) is 0.403. The molecule has 2 heterocycles. The van der Waals surface area contributed by atoms with E-state index >= 15 is 0 Å². The van der Waals surface area contributed by atoms with E-state index in [1.165, 1.54) is 29.1 Å². The second kappa shape index (κ2) is 10.1. The zero-order valence-electron chi connectivity index (χ0n) is 19.9. The number of aromatic nitrogens is 1. The third-order valence-electron chi connectivity index (χ3n) is 5.98. The molecule has 0 radical (unpaired) electrons. The maximum absolute atomic E-state index is 13.7. The summed E-state index contributed by atoms with van der Waals surface area (Å²) in [5.74, 6) is -0.0356. The van der Waals surface area contributed by atoms with Gasteiger partial charge < -0.3 is 15.2 Å². The zero-order valence-corrected chi connectivity index (χ0v) is 21.5. The van der Waals surface area contributed by atoms with E-state index in [1.54, 1.807) is 61.5 Å². The van der Waals surface area contributed by atoms with Crippen molar-refractivity contribution in [2.45, 2.75) is 13.0 Å². The molecule has 0 bridgehead atoms. The highest BCUT2D eigenvalue weighted by molar-refractivity contribution is 7.07. The van der Waals surface area contributed by atoms with E-state index in [2.05, 4.69) is 10.3 Å². The topological polar surface area (TPSA) is 92.9 Å². The standard InChI is InChI=1S/C28H22ClN3O4S/c1-16-24(26(34)31-20-6-4-3-5-7-20)25(18-9-11-19(29)12-10-18)32-27(35)23(37-28(32)30-16)15-17-8-13-22(36-2)21(33)14-17/h3-15,25,33H,1-2H3,(H,31,34)/t25-/m1/s1. The van der Waals surface area contributed by atoms with Gasteiger partial charge in [-0.2, -0.15) is 0 Å². The van der Waals surface area contributed by atoms with Crippen LogP contribution in [-0.4, -0.2) is 22.7 Å². The number of halogens is 1. The number of nitrogens with one attached hydrogen (secondary N) is 1. The first-order chi connectivity index (χ1) is 17.9. The number of hydrogen-bond donors (Lipinski definition) is 2. The Morgan fingerprint density at radius 1 is 1.14 bits per heavy atom. The fraction of sp³-hybridized carbons (Fsp3) is 0.107. The van der Waals surface area contributed by atoms with Crippen molar-refractivity contribution < 1.29 is 14.6 Å². The van der Waals surface area contributed by atoms with E-state index < -0.39 is 6.04 Å². The van der Waals surface area contributed by atoms with Gasteiger partial charge in [-0.15, -0.1) is 0 Å². The van der Waals surface area contributed by atoms with Crippen LogP contribution >= 0.6 is 22.9 Å². The Labute approximate surface area is 221 Å². The van der Waals surface area contributed by atoms with Gasteiger partial charge in [0, 0.05) is 10.7 Å². The third-order valence-corrected chi connectivity index (χ3v) is 7.22. The summed E-state index contributed by atoms with van der Waals surface area (Å²) >= 11 is 7.35. The molecule has 4 aromatic rings. The fourth-order valence-corrected chi connectivity index (χ4v) is 5.41. The molecule has 1 aliphatic heterocycles. The van der Waals surface area contributed by atoms with Crippen LogP contribution < -0.4 is 24.9 Å². The number of hydrogen-bond acceptors (Lipinski definition) is 6. The van der Waals surface area contributed by atoms with Gasteiger partial charge in [0.1, 0.15) is 0 Å². The Morgan fingerprint density at radius 3 is 2.54 bits per heavy atom. The minimum atomic E-state index is -0.705. The van der Waals surface area contributed by atoms with Gasteiger partial charge in [-0.05, 0) is 60.5 Å². The lowest BCUT2D eigenvalue weighted by atomic mass is 9.95. The van der Waals surface area contributed by atoms with Gasteiger partial charge in [0.05, 0.1) is 29.0 Å². The lowest BCUT2D eigenvalue weighted by molar-refractivity contribution is -0.113. The van der Waals surface area contributed by atoms with Gasteiger partial charge >= 0.3 is 0 Å². The van der Waals surface area contributed by atoms with Crippen LogP contribution in [0.15, 0.2) is 93.9 Å². The molecule has 1 aliphatic rings. The molecule has 9 heteroatoms. The highest BCUT2D eigenvalue weighted by Crippen LogP contribution is 2.31. The van der Waals surface area contributed by atoms with E-state index in [-0.39, 0.29) is 17.2 Å². The number of fused-ring (bicyclic) bond motifs is 1. The number of rotatable bonds is 5. The van der Waals surface area contributed by atoms with Gasteiger partial charge in [0.2, 0.25) is 0 Å². The van der Waals surface area contributed by atoms with Crippen LogP contribution in [0.25, 0.3) is 6.08 Å². The number of anilines is 1. The van der Waals surface area contributed by atoms with Crippen molar-refractivity contribution in [1.82, 2.24) is 4.57 Å². The molecule has 2 N–H and O–H groups in total. The van der Waals surface area contributed by atoms with Crippen LogP contribution in [0.5, 0.6) is 11.5 Å². The molecular formula is C28H22ClN3O4S. The number of phenolic OH excluding ortho intramolecular Hbond substituents is 1.